The summed E-state index contributed by atoms with van der Waals surface area (Å²) in [5, 5.41) is 16.0. The van der Waals surface area contributed by atoms with Crippen molar-refractivity contribution in [2.75, 3.05) is 25.0 Å². The number of thiophene rings is 1. The summed E-state index contributed by atoms with van der Waals surface area (Å²) >= 11 is 4.45. The van der Waals surface area contributed by atoms with Crippen molar-refractivity contribution in [3.05, 3.63) is 69.5 Å². The summed E-state index contributed by atoms with van der Waals surface area (Å²) in [7, 11) is -3.36. The van der Waals surface area contributed by atoms with Crippen LogP contribution in [0.5, 0.6) is 5.75 Å². The van der Waals surface area contributed by atoms with E-state index in [0.717, 1.165) is 28.2 Å². The Balaban J connectivity index is 1.41. The Hall–Kier alpha value is -2.40. The Morgan fingerprint density at radius 3 is 2.54 bits per heavy atom. The van der Waals surface area contributed by atoms with Crippen LogP contribution in [0.15, 0.2) is 59.1 Å². The Bertz CT molecular complexity index is 1290. The summed E-state index contributed by atoms with van der Waals surface area (Å²) in [6.07, 6.45) is 1.39. The number of esters is 1. The van der Waals surface area contributed by atoms with Crippen molar-refractivity contribution in [1.29, 1.82) is 0 Å². The van der Waals surface area contributed by atoms with Crippen molar-refractivity contribution >= 4 is 48.9 Å². The number of carbonyl (C=O) groups excluding carboxylic acids is 1. The minimum Gasteiger partial charge on any atom is -0.462 e. The van der Waals surface area contributed by atoms with Crippen LogP contribution in [0.3, 0.4) is 0 Å². The first kappa shape index (κ1) is 25.7. The maximum Gasteiger partial charge on any atom is 0.352 e. The second-order valence-corrected chi connectivity index (χ2v) is 12.0. The van der Waals surface area contributed by atoms with Crippen LogP contribution in [-0.4, -0.2) is 44.4 Å². The van der Waals surface area contributed by atoms with E-state index in [4.69, 9.17) is 4.74 Å². The van der Waals surface area contributed by atoms with Crippen molar-refractivity contribution in [2.24, 2.45) is 0 Å². The van der Waals surface area contributed by atoms with Crippen LogP contribution in [0.25, 0.3) is 10.4 Å². The molecule has 7 nitrogen and oxygen atoms in total. The van der Waals surface area contributed by atoms with Crippen LogP contribution < -0.4 is 5.32 Å². The molecule has 1 aliphatic heterocycles. The van der Waals surface area contributed by atoms with Gasteiger partial charge in [0.2, 0.25) is 15.8 Å². The number of rotatable bonds is 8. The van der Waals surface area contributed by atoms with Gasteiger partial charge in [0.25, 0.3) is 0 Å². The van der Waals surface area contributed by atoms with E-state index in [0.29, 0.717) is 35.3 Å². The van der Waals surface area contributed by atoms with Gasteiger partial charge in [0.15, 0.2) is 4.88 Å². The molecule has 1 N–H and O–H groups in total. The van der Waals surface area contributed by atoms with E-state index in [1.807, 2.05) is 54.6 Å². The number of ether oxygens (including phenoxy) is 1. The molecule has 10 heteroatoms. The highest BCUT2D eigenvalue weighted by molar-refractivity contribution is 9.10. The third-order valence-electron chi connectivity index (χ3n) is 5.80. The van der Waals surface area contributed by atoms with Gasteiger partial charge in [-0.15, -0.1) is 11.3 Å². The molecule has 0 bridgehead atoms. The molecular formula is C25H26BrN2O5S2. The number of halogens is 1. The molecule has 1 radical (unpaired) electrons. The van der Waals surface area contributed by atoms with Gasteiger partial charge >= 0.3 is 5.97 Å². The van der Waals surface area contributed by atoms with Gasteiger partial charge in [0.1, 0.15) is 0 Å². The first-order valence-corrected chi connectivity index (χ1v) is 14.6. The number of nitrogens with one attached hydrogen (secondary N) is 1. The maximum atomic E-state index is 12.8. The molecule has 1 saturated heterocycles. The van der Waals surface area contributed by atoms with Crippen LogP contribution in [0, 0.1) is 0 Å². The first-order valence-electron chi connectivity index (χ1n) is 11.3. The summed E-state index contributed by atoms with van der Waals surface area (Å²) in [6, 6.07) is 17.0. The summed E-state index contributed by atoms with van der Waals surface area (Å²) < 4.78 is 32.5. The molecule has 2 heterocycles. The SMILES string of the molecule is CCOC(=O)c1sc(-c2cccc(NC3CCN(S(=O)(=O)Cc4ccccc4)CC3)c2)c(Br)c1[O]. The smallest absolute Gasteiger partial charge is 0.352 e. The minimum absolute atomic E-state index is 0.0131. The number of piperidine rings is 1. The van der Waals surface area contributed by atoms with Gasteiger partial charge in [-0.05, 0) is 59.0 Å². The summed E-state index contributed by atoms with van der Waals surface area (Å²) in [6.45, 7) is 2.83. The third kappa shape index (κ3) is 6.06. The lowest BCUT2D eigenvalue weighted by Gasteiger charge is -2.32. The number of sulfonamides is 1. The topological polar surface area (TPSA) is 95.6 Å². The molecule has 0 spiro atoms. The van der Waals surface area contributed by atoms with E-state index in [1.165, 1.54) is 0 Å². The number of carbonyl (C=O) groups is 1. The predicted molar refractivity (Wildman–Crippen MR) is 141 cm³/mol. The van der Waals surface area contributed by atoms with Crippen LogP contribution >= 0.6 is 27.3 Å². The highest BCUT2D eigenvalue weighted by Crippen LogP contribution is 2.46. The normalized spacial score (nSPS) is 15.1. The maximum absolute atomic E-state index is 12.8. The lowest BCUT2D eigenvalue weighted by atomic mass is 10.1. The number of hydrogen-bond donors (Lipinski definition) is 1. The van der Waals surface area contributed by atoms with Gasteiger partial charge < -0.3 is 10.1 Å². The van der Waals surface area contributed by atoms with E-state index in [2.05, 4.69) is 21.2 Å². The van der Waals surface area contributed by atoms with Crippen molar-refractivity contribution in [2.45, 2.75) is 31.6 Å². The molecule has 4 rings (SSSR count). The molecule has 1 aliphatic rings. The van der Waals surface area contributed by atoms with Crippen LogP contribution in [0.1, 0.15) is 35.0 Å². The molecule has 35 heavy (non-hydrogen) atoms. The van der Waals surface area contributed by atoms with Gasteiger partial charge in [-0.1, -0.05) is 42.5 Å². The Morgan fingerprint density at radius 1 is 1.14 bits per heavy atom. The van der Waals surface area contributed by atoms with E-state index in [-0.39, 0.29) is 29.0 Å². The fourth-order valence-electron chi connectivity index (χ4n) is 4.05. The van der Waals surface area contributed by atoms with E-state index in [1.54, 1.807) is 11.2 Å². The Morgan fingerprint density at radius 2 is 1.86 bits per heavy atom. The largest absolute Gasteiger partial charge is 0.462 e. The van der Waals surface area contributed by atoms with Gasteiger partial charge in [-0.25, -0.2) is 17.5 Å². The zero-order chi connectivity index (χ0) is 25.0. The number of nitrogens with zero attached hydrogens (tertiary/aromatic N) is 1. The average Bonchev–Trinajstić information content (AvgIpc) is 3.14. The van der Waals surface area contributed by atoms with Gasteiger partial charge in [0, 0.05) is 24.8 Å². The van der Waals surface area contributed by atoms with Crippen LogP contribution in [0.2, 0.25) is 0 Å². The molecule has 0 atom stereocenters. The predicted octanol–water partition coefficient (Wildman–Crippen LogP) is 5.90. The van der Waals surface area contributed by atoms with Gasteiger partial charge in [-0.2, -0.15) is 0 Å². The van der Waals surface area contributed by atoms with Crippen molar-refractivity contribution < 1.29 is 23.1 Å². The Labute approximate surface area is 217 Å². The minimum atomic E-state index is -3.36. The highest BCUT2D eigenvalue weighted by atomic mass is 79.9. The molecule has 1 aromatic heterocycles. The van der Waals surface area contributed by atoms with Crippen molar-refractivity contribution in [3.63, 3.8) is 0 Å². The van der Waals surface area contributed by atoms with Gasteiger partial charge in [0.05, 0.1) is 21.7 Å². The molecule has 2 aromatic carbocycles. The lowest BCUT2D eigenvalue weighted by Crippen LogP contribution is -2.42. The monoisotopic (exact) mass is 577 g/mol. The van der Waals surface area contributed by atoms with Crippen LogP contribution in [-0.2, 0) is 25.6 Å². The first-order chi connectivity index (χ1) is 16.8. The van der Waals surface area contributed by atoms with Crippen LogP contribution in [0.4, 0.5) is 5.69 Å². The van der Waals surface area contributed by atoms with E-state index >= 15 is 0 Å². The molecule has 0 unspecified atom stereocenters. The summed E-state index contributed by atoms with van der Waals surface area (Å²) in [4.78, 5) is 12.8. The van der Waals surface area contributed by atoms with E-state index in [9.17, 15) is 18.3 Å². The lowest BCUT2D eigenvalue weighted by molar-refractivity contribution is 0.0527. The quantitative estimate of drug-likeness (QED) is 0.336. The second kappa shape index (κ2) is 11.1. The summed E-state index contributed by atoms with van der Waals surface area (Å²) in [5.74, 6) is -0.970. The highest BCUT2D eigenvalue weighted by Gasteiger charge is 2.28. The van der Waals surface area contributed by atoms with Crippen molar-refractivity contribution in [3.8, 4) is 16.2 Å². The Kier molecular flexibility index (Phi) is 8.16. The molecular weight excluding hydrogens is 552 g/mol. The fourth-order valence-corrected chi connectivity index (χ4v) is 7.39. The molecule has 0 amide bonds. The number of hydrogen-bond acceptors (Lipinski definition) is 6. The number of benzene rings is 2. The number of anilines is 1. The van der Waals surface area contributed by atoms with Gasteiger partial charge in [-0.3, -0.25) is 5.11 Å². The zero-order valence-corrected chi connectivity index (χ0v) is 22.4. The standard InChI is InChI=1S/C25H26BrN2O5S2/c1-2-33-25(30)24-22(29)21(26)23(34-24)18-9-6-10-20(15-18)27-19-11-13-28(14-12-19)35(31,32)16-17-7-4-3-5-8-17/h3-10,15,19,27H,2,11-14,16H2,1H3. The second-order valence-electron chi connectivity index (χ2n) is 8.26. The molecule has 1 fully saturated rings. The zero-order valence-electron chi connectivity index (χ0n) is 19.2. The van der Waals surface area contributed by atoms with Crippen molar-refractivity contribution in [1.82, 2.24) is 4.31 Å². The molecule has 0 saturated carbocycles. The summed E-state index contributed by atoms with van der Waals surface area (Å²) in [5.41, 5.74) is 2.47. The molecule has 185 valence electrons. The molecule has 0 aliphatic carbocycles. The fraction of sp³-hybridized carbons (Fsp3) is 0.320. The average molecular weight is 579 g/mol. The third-order valence-corrected chi connectivity index (χ3v) is 9.87. The van der Waals surface area contributed by atoms with E-state index < -0.39 is 16.0 Å². The molecule has 3 aromatic rings.